The minimum Gasteiger partial charge on any atom is -0.481 e. The summed E-state index contributed by atoms with van der Waals surface area (Å²) in [5, 5.41) is 9.47. The number of likely N-dealkylation sites (tertiary alicyclic amines) is 1. The van der Waals surface area contributed by atoms with Crippen molar-refractivity contribution in [1.82, 2.24) is 4.90 Å². The number of nitrogens with zero attached hydrogens (tertiary/aromatic N) is 1. The molecule has 5 heteroatoms. The van der Waals surface area contributed by atoms with Crippen molar-refractivity contribution in [1.29, 1.82) is 0 Å². The summed E-state index contributed by atoms with van der Waals surface area (Å²) in [5.74, 6) is -2.06. The predicted octanol–water partition coefficient (Wildman–Crippen LogP) is 3.38. The molecule has 0 unspecified atom stereocenters. The van der Waals surface area contributed by atoms with Crippen LogP contribution < -0.4 is 0 Å². The monoisotopic (exact) mass is 299 g/mol. The Bertz CT molecular complexity index is 527. The molecule has 1 heterocycles. The minimum absolute atomic E-state index is 0.0614. The van der Waals surface area contributed by atoms with Crippen molar-refractivity contribution in [2.45, 2.75) is 32.2 Å². The predicted molar refractivity (Wildman–Crippen MR) is 76.6 cm³/mol. The van der Waals surface area contributed by atoms with Crippen LogP contribution in [-0.4, -0.2) is 34.6 Å². The SMILES string of the molecule is CC(C)(C)N1C[C@H](C(=O)O)[C@@H](c2ccc(Cl)c(F)c2)C1. The summed E-state index contributed by atoms with van der Waals surface area (Å²) in [6, 6.07) is 4.57. The molecule has 1 saturated heterocycles. The first-order chi connectivity index (χ1) is 9.20. The fourth-order valence-corrected chi connectivity index (χ4v) is 2.80. The van der Waals surface area contributed by atoms with Gasteiger partial charge >= 0.3 is 5.97 Å². The van der Waals surface area contributed by atoms with Crippen LogP contribution in [0.2, 0.25) is 5.02 Å². The molecule has 0 aliphatic carbocycles. The Morgan fingerprint density at radius 3 is 2.55 bits per heavy atom. The highest BCUT2D eigenvalue weighted by Crippen LogP contribution is 2.37. The number of benzene rings is 1. The molecular weight excluding hydrogens is 281 g/mol. The minimum atomic E-state index is -0.836. The number of halogens is 2. The fraction of sp³-hybridized carbons (Fsp3) is 0.533. The number of carboxylic acid groups (broad SMARTS) is 1. The molecule has 1 aromatic rings. The van der Waals surface area contributed by atoms with E-state index in [1.807, 2.05) is 0 Å². The van der Waals surface area contributed by atoms with Crippen molar-refractivity contribution in [3.05, 3.63) is 34.6 Å². The van der Waals surface area contributed by atoms with E-state index in [1.165, 1.54) is 12.1 Å². The van der Waals surface area contributed by atoms with E-state index in [0.717, 1.165) is 0 Å². The molecule has 0 radical (unpaired) electrons. The van der Waals surface area contributed by atoms with Crippen molar-refractivity contribution in [3.8, 4) is 0 Å². The van der Waals surface area contributed by atoms with Gasteiger partial charge in [0.25, 0.3) is 0 Å². The number of aliphatic carboxylic acids is 1. The lowest BCUT2D eigenvalue weighted by molar-refractivity contribution is -0.141. The summed E-state index contributed by atoms with van der Waals surface area (Å²) in [7, 11) is 0. The molecule has 2 rings (SSSR count). The van der Waals surface area contributed by atoms with E-state index in [4.69, 9.17) is 11.6 Å². The van der Waals surface area contributed by atoms with Gasteiger partial charge in [-0.25, -0.2) is 4.39 Å². The Kier molecular flexibility index (Phi) is 4.07. The zero-order valence-corrected chi connectivity index (χ0v) is 12.6. The van der Waals surface area contributed by atoms with Gasteiger partial charge in [0.05, 0.1) is 10.9 Å². The molecule has 0 saturated carbocycles. The highest BCUT2D eigenvalue weighted by Gasteiger charge is 2.42. The van der Waals surface area contributed by atoms with E-state index >= 15 is 0 Å². The van der Waals surface area contributed by atoms with E-state index in [1.54, 1.807) is 6.07 Å². The second-order valence-electron chi connectivity index (χ2n) is 6.30. The Balaban J connectivity index is 2.32. The molecule has 0 amide bonds. The summed E-state index contributed by atoms with van der Waals surface area (Å²) in [6.07, 6.45) is 0. The molecule has 1 aromatic carbocycles. The van der Waals surface area contributed by atoms with Crippen LogP contribution in [0.4, 0.5) is 4.39 Å². The molecule has 110 valence electrons. The van der Waals surface area contributed by atoms with Crippen molar-refractivity contribution >= 4 is 17.6 Å². The highest BCUT2D eigenvalue weighted by molar-refractivity contribution is 6.30. The zero-order valence-electron chi connectivity index (χ0n) is 11.9. The molecule has 1 aliphatic rings. The van der Waals surface area contributed by atoms with Crippen molar-refractivity contribution < 1.29 is 14.3 Å². The van der Waals surface area contributed by atoms with Crippen molar-refractivity contribution in [3.63, 3.8) is 0 Å². The number of hydrogen-bond acceptors (Lipinski definition) is 2. The standard InChI is InChI=1S/C15H19ClFNO2/c1-15(2,3)18-7-10(11(8-18)14(19)20)9-4-5-12(16)13(17)6-9/h4-6,10-11H,7-8H2,1-3H3,(H,19,20)/t10-,11+/m1/s1. The first-order valence-corrected chi connectivity index (χ1v) is 7.00. The second-order valence-corrected chi connectivity index (χ2v) is 6.71. The summed E-state index contributed by atoms with van der Waals surface area (Å²) < 4.78 is 13.6. The third kappa shape index (κ3) is 2.96. The topological polar surface area (TPSA) is 40.5 Å². The maximum absolute atomic E-state index is 13.6. The quantitative estimate of drug-likeness (QED) is 0.910. The summed E-state index contributed by atoms with van der Waals surface area (Å²) in [5.41, 5.74) is 0.596. The van der Waals surface area contributed by atoms with E-state index in [-0.39, 0.29) is 16.5 Å². The molecule has 0 spiro atoms. The van der Waals surface area contributed by atoms with Gasteiger partial charge in [0.15, 0.2) is 0 Å². The Labute approximate surface area is 123 Å². The van der Waals surface area contributed by atoms with E-state index < -0.39 is 17.7 Å². The first-order valence-electron chi connectivity index (χ1n) is 6.63. The van der Waals surface area contributed by atoms with Crippen LogP contribution >= 0.6 is 11.6 Å². The number of rotatable bonds is 2. The molecule has 20 heavy (non-hydrogen) atoms. The van der Waals surface area contributed by atoms with Gasteiger partial charge in [0.2, 0.25) is 0 Å². The lowest BCUT2D eigenvalue weighted by Gasteiger charge is -2.31. The lowest BCUT2D eigenvalue weighted by atomic mass is 9.89. The molecule has 2 atom stereocenters. The smallest absolute Gasteiger partial charge is 0.308 e. The van der Waals surface area contributed by atoms with Crippen molar-refractivity contribution in [2.24, 2.45) is 5.92 Å². The van der Waals surface area contributed by atoms with Gasteiger partial charge in [-0.2, -0.15) is 0 Å². The zero-order chi connectivity index (χ0) is 15.1. The van der Waals surface area contributed by atoms with Gasteiger partial charge in [-0.3, -0.25) is 9.69 Å². The summed E-state index contributed by atoms with van der Waals surface area (Å²) >= 11 is 5.69. The lowest BCUT2D eigenvalue weighted by Crippen LogP contribution is -2.40. The molecule has 3 nitrogen and oxygen atoms in total. The van der Waals surface area contributed by atoms with Crippen LogP contribution in [0, 0.1) is 11.7 Å². The van der Waals surface area contributed by atoms with Gasteiger partial charge in [0.1, 0.15) is 5.82 Å². The first kappa shape index (κ1) is 15.3. The molecular formula is C15H19ClFNO2. The molecule has 0 bridgehead atoms. The second kappa shape index (κ2) is 5.34. The van der Waals surface area contributed by atoms with Crippen LogP contribution in [-0.2, 0) is 4.79 Å². The van der Waals surface area contributed by atoms with Crippen molar-refractivity contribution in [2.75, 3.05) is 13.1 Å². The number of carbonyl (C=O) groups is 1. The van der Waals surface area contributed by atoms with Gasteiger partial charge in [-0.1, -0.05) is 17.7 Å². The van der Waals surface area contributed by atoms with E-state index in [9.17, 15) is 14.3 Å². The third-order valence-electron chi connectivity index (χ3n) is 3.96. The highest BCUT2D eigenvalue weighted by atomic mass is 35.5. The Morgan fingerprint density at radius 2 is 2.05 bits per heavy atom. The van der Waals surface area contributed by atoms with Gasteiger partial charge in [0, 0.05) is 24.5 Å². The van der Waals surface area contributed by atoms with Gasteiger partial charge in [-0.05, 0) is 38.5 Å². The fourth-order valence-electron chi connectivity index (χ4n) is 2.68. The third-order valence-corrected chi connectivity index (χ3v) is 4.26. The van der Waals surface area contributed by atoms with Crippen LogP contribution in [0.3, 0.4) is 0 Å². The van der Waals surface area contributed by atoms with Gasteiger partial charge in [-0.15, -0.1) is 0 Å². The van der Waals surface area contributed by atoms with Crippen LogP contribution in [0.1, 0.15) is 32.3 Å². The van der Waals surface area contributed by atoms with Crippen LogP contribution in [0.15, 0.2) is 18.2 Å². The molecule has 1 aliphatic heterocycles. The maximum Gasteiger partial charge on any atom is 0.308 e. The molecule has 1 fully saturated rings. The van der Waals surface area contributed by atoms with Crippen LogP contribution in [0.25, 0.3) is 0 Å². The average Bonchev–Trinajstić information content (AvgIpc) is 2.77. The van der Waals surface area contributed by atoms with Gasteiger partial charge < -0.3 is 5.11 Å². The summed E-state index contributed by atoms with van der Waals surface area (Å²) in [6.45, 7) is 7.25. The van der Waals surface area contributed by atoms with E-state index in [2.05, 4.69) is 25.7 Å². The Morgan fingerprint density at radius 1 is 1.40 bits per heavy atom. The largest absolute Gasteiger partial charge is 0.481 e. The maximum atomic E-state index is 13.6. The number of hydrogen-bond donors (Lipinski definition) is 1. The average molecular weight is 300 g/mol. The Hall–Kier alpha value is -1.13. The molecule has 0 aromatic heterocycles. The van der Waals surface area contributed by atoms with E-state index in [0.29, 0.717) is 18.7 Å². The summed E-state index contributed by atoms with van der Waals surface area (Å²) in [4.78, 5) is 13.6. The normalized spacial score (nSPS) is 24.1. The van der Waals surface area contributed by atoms with Crippen LogP contribution in [0.5, 0.6) is 0 Å². The number of carboxylic acids is 1. The molecule has 1 N–H and O–H groups in total.